The summed E-state index contributed by atoms with van der Waals surface area (Å²) in [6, 6.07) is 12.0. The average Bonchev–Trinajstić information content (AvgIpc) is 2.73. The van der Waals surface area contributed by atoms with Gasteiger partial charge in [0.1, 0.15) is 12.4 Å². The van der Waals surface area contributed by atoms with Gasteiger partial charge in [-0.2, -0.15) is 0 Å². The number of carboxylic acid groups (broad SMARTS) is 1. The van der Waals surface area contributed by atoms with Crippen molar-refractivity contribution < 1.29 is 23.8 Å². The SMILES string of the molecule is Cc1ccc(C2CC(C)(C)C(C(=O)Nc3ccc(C(=O)O)c(F)c3)C3=C2COC=C3Br)cc1. The van der Waals surface area contributed by atoms with Crippen molar-refractivity contribution in [2.75, 3.05) is 11.9 Å². The van der Waals surface area contributed by atoms with E-state index in [2.05, 4.69) is 66.3 Å². The van der Waals surface area contributed by atoms with Crippen LogP contribution < -0.4 is 5.32 Å². The first-order valence-corrected chi connectivity index (χ1v) is 11.5. The van der Waals surface area contributed by atoms with Gasteiger partial charge in [0.05, 0.1) is 22.2 Å². The Balaban J connectivity index is 1.73. The topological polar surface area (TPSA) is 75.6 Å². The standard InChI is InChI=1S/C26H25BrFNO4/c1-14-4-6-15(7-5-14)18-11-26(2,3)23(22-19(18)12-33-13-20(22)27)24(30)29-16-8-9-17(25(31)32)21(28)10-16/h4-10,13,18,23H,11-12H2,1-3H3,(H,29,30)(H,31,32). The van der Waals surface area contributed by atoms with Crippen molar-refractivity contribution in [1.29, 1.82) is 0 Å². The second kappa shape index (κ2) is 8.78. The predicted molar refractivity (Wildman–Crippen MR) is 128 cm³/mol. The van der Waals surface area contributed by atoms with Gasteiger partial charge in [0, 0.05) is 11.6 Å². The van der Waals surface area contributed by atoms with Crippen LogP contribution in [0.2, 0.25) is 0 Å². The highest BCUT2D eigenvalue weighted by Crippen LogP contribution is 2.54. The predicted octanol–water partition coefficient (Wildman–Crippen LogP) is 6.16. The van der Waals surface area contributed by atoms with E-state index in [0.717, 1.165) is 34.2 Å². The summed E-state index contributed by atoms with van der Waals surface area (Å²) in [7, 11) is 0. The Morgan fingerprint density at radius 3 is 2.52 bits per heavy atom. The van der Waals surface area contributed by atoms with E-state index in [4.69, 9.17) is 9.84 Å². The number of hydrogen-bond donors (Lipinski definition) is 2. The van der Waals surface area contributed by atoms with Crippen LogP contribution >= 0.6 is 15.9 Å². The summed E-state index contributed by atoms with van der Waals surface area (Å²) >= 11 is 3.60. The molecule has 2 N–H and O–H groups in total. The summed E-state index contributed by atoms with van der Waals surface area (Å²) in [5.41, 5.74) is 3.67. The zero-order valence-electron chi connectivity index (χ0n) is 18.6. The number of anilines is 1. The summed E-state index contributed by atoms with van der Waals surface area (Å²) in [6.45, 7) is 6.57. The molecule has 7 heteroatoms. The summed E-state index contributed by atoms with van der Waals surface area (Å²) in [4.78, 5) is 24.6. The zero-order chi connectivity index (χ0) is 23.9. The molecule has 5 nitrogen and oxygen atoms in total. The quantitative estimate of drug-likeness (QED) is 0.512. The van der Waals surface area contributed by atoms with Crippen molar-refractivity contribution in [3.63, 3.8) is 0 Å². The number of amides is 1. The number of ether oxygens (including phenoxy) is 1. The molecule has 0 radical (unpaired) electrons. The number of allylic oxidation sites excluding steroid dienone is 1. The Morgan fingerprint density at radius 2 is 1.88 bits per heavy atom. The maximum Gasteiger partial charge on any atom is 0.338 e. The van der Waals surface area contributed by atoms with E-state index in [-0.39, 0.29) is 17.5 Å². The molecule has 0 saturated carbocycles. The number of nitrogens with one attached hydrogen (secondary N) is 1. The molecule has 2 unspecified atom stereocenters. The summed E-state index contributed by atoms with van der Waals surface area (Å²) in [5.74, 6) is -2.93. The third-order valence-electron chi connectivity index (χ3n) is 6.46. The Morgan fingerprint density at radius 1 is 1.18 bits per heavy atom. The second-order valence-electron chi connectivity index (χ2n) is 9.29. The molecule has 0 bridgehead atoms. The highest BCUT2D eigenvalue weighted by atomic mass is 79.9. The van der Waals surface area contributed by atoms with Crippen molar-refractivity contribution >= 4 is 33.5 Å². The van der Waals surface area contributed by atoms with Crippen LogP contribution in [0, 0.1) is 24.1 Å². The van der Waals surface area contributed by atoms with Crippen LogP contribution in [0.4, 0.5) is 10.1 Å². The minimum atomic E-state index is -1.35. The molecule has 33 heavy (non-hydrogen) atoms. The summed E-state index contributed by atoms with van der Waals surface area (Å²) in [6.07, 6.45) is 2.36. The van der Waals surface area contributed by atoms with E-state index in [9.17, 15) is 14.0 Å². The molecular weight excluding hydrogens is 489 g/mol. The molecule has 0 fully saturated rings. The lowest BCUT2D eigenvalue weighted by Gasteiger charge is -2.45. The Kier molecular flexibility index (Phi) is 6.18. The van der Waals surface area contributed by atoms with Crippen LogP contribution in [-0.4, -0.2) is 23.6 Å². The molecule has 1 heterocycles. The maximum absolute atomic E-state index is 14.2. The number of aromatic carboxylic acids is 1. The van der Waals surface area contributed by atoms with Gasteiger partial charge < -0.3 is 15.2 Å². The molecule has 0 saturated heterocycles. The number of hydrogen-bond acceptors (Lipinski definition) is 3. The third kappa shape index (κ3) is 4.47. The number of carboxylic acids is 1. The minimum absolute atomic E-state index is 0.105. The highest BCUT2D eigenvalue weighted by Gasteiger charge is 2.47. The van der Waals surface area contributed by atoms with Crippen LogP contribution in [0.5, 0.6) is 0 Å². The van der Waals surface area contributed by atoms with Crippen LogP contribution in [0.3, 0.4) is 0 Å². The Hall–Kier alpha value is -2.93. The molecule has 2 aromatic carbocycles. The number of aryl methyl sites for hydroxylation is 1. The molecule has 172 valence electrons. The van der Waals surface area contributed by atoms with Gasteiger partial charge >= 0.3 is 5.97 Å². The first kappa shape index (κ1) is 23.2. The second-order valence-corrected chi connectivity index (χ2v) is 10.1. The lowest BCUT2D eigenvalue weighted by molar-refractivity contribution is -0.122. The monoisotopic (exact) mass is 513 g/mol. The Bertz CT molecular complexity index is 1180. The number of carbonyl (C=O) groups is 2. The van der Waals surface area contributed by atoms with E-state index >= 15 is 0 Å². The largest absolute Gasteiger partial charge is 0.496 e. The van der Waals surface area contributed by atoms with Crippen LogP contribution in [0.1, 0.15) is 47.7 Å². The minimum Gasteiger partial charge on any atom is -0.496 e. The van der Waals surface area contributed by atoms with Crippen molar-refractivity contribution in [3.8, 4) is 0 Å². The van der Waals surface area contributed by atoms with Crippen molar-refractivity contribution in [2.24, 2.45) is 11.3 Å². The van der Waals surface area contributed by atoms with Gasteiger partial charge in [-0.15, -0.1) is 0 Å². The van der Waals surface area contributed by atoms with Gasteiger partial charge in [0.25, 0.3) is 0 Å². The van der Waals surface area contributed by atoms with Gasteiger partial charge in [-0.3, -0.25) is 4.79 Å². The summed E-state index contributed by atoms with van der Waals surface area (Å²) < 4.78 is 20.6. The van der Waals surface area contributed by atoms with E-state index in [1.54, 1.807) is 6.26 Å². The van der Waals surface area contributed by atoms with E-state index in [0.29, 0.717) is 6.61 Å². The molecule has 1 aliphatic carbocycles. The van der Waals surface area contributed by atoms with Crippen LogP contribution in [-0.2, 0) is 9.53 Å². The zero-order valence-corrected chi connectivity index (χ0v) is 20.2. The maximum atomic E-state index is 14.2. The molecule has 2 atom stereocenters. The van der Waals surface area contributed by atoms with E-state index in [1.807, 2.05) is 0 Å². The van der Waals surface area contributed by atoms with Gasteiger partial charge in [0.2, 0.25) is 5.91 Å². The van der Waals surface area contributed by atoms with E-state index in [1.165, 1.54) is 17.2 Å². The summed E-state index contributed by atoms with van der Waals surface area (Å²) in [5, 5.41) is 11.8. The van der Waals surface area contributed by atoms with Crippen LogP contribution in [0.15, 0.2) is 64.4 Å². The fraction of sp³-hybridized carbons (Fsp3) is 0.308. The molecular formula is C26H25BrFNO4. The molecule has 2 aromatic rings. The molecule has 4 rings (SSSR count). The van der Waals surface area contributed by atoms with Crippen molar-refractivity contribution in [2.45, 2.75) is 33.1 Å². The first-order valence-electron chi connectivity index (χ1n) is 10.7. The number of carbonyl (C=O) groups excluding carboxylic acids is 1. The van der Waals surface area contributed by atoms with Gasteiger partial charge in [0.15, 0.2) is 0 Å². The highest BCUT2D eigenvalue weighted by molar-refractivity contribution is 9.12. The van der Waals surface area contributed by atoms with Gasteiger partial charge in [-0.05, 0) is 69.6 Å². The lowest BCUT2D eigenvalue weighted by atomic mass is 9.60. The molecule has 1 aliphatic heterocycles. The molecule has 0 spiro atoms. The van der Waals surface area contributed by atoms with Gasteiger partial charge in [-0.25, -0.2) is 9.18 Å². The van der Waals surface area contributed by atoms with Crippen molar-refractivity contribution in [3.05, 3.63) is 86.9 Å². The molecule has 2 aliphatic rings. The smallest absolute Gasteiger partial charge is 0.338 e. The normalized spacial score (nSPS) is 21.5. The first-order chi connectivity index (χ1) is 15.6. The number of halogens is 2. The third-order valence-corrected chi connectivity index (χ3v) is 7.07. The van der Waals surface area contributed by atoms with Gasteiger partial charge in [-0.1, -0.05) is 43.7 Å². The molecule has 0 aromatic heterocycles. The van der Waals surface area contributed by atoms with E-state index < -0.39 is 28.7 Å². The number of benzene rings is 2. The fourth-order valence-corrected chi connectivity index (χ4v) is 5.47. The Labute approximate surface area is 200 Å². The van der Waals surface area contributed by atoms with Crippen molar-refractivity contribution in [1.82, 2.24) is 0 Å². The fourth-order valence-electron chi connectivity index (χ4n) is 4.85. The average molecular weight is 514 g/mol. The van der Waals surface area contributed by atoms with Crippen LogP contribution in [0.25, 0.3) is 0 Å². The molecule has 1 amide bonds. The lowest BCUT2D eigenvalue weighted by Crippen LogP contribution is -2.43. The number of rotatable bonds is 4.